The van der Waals surface area contributed by atoms with Crippen LogP contribution < -0.4 is 0 Å². The minimum absolute atomic E-state index is 0.0290. The van der Waals surface area contributed by atoms with Gasteiger partial charge in [-0.05, 0) is 43.6 Å². The summed E-state index contributed by atoms with van der Waals surface area (Å²) < 4.78 is 35.0. The first-order valence-corrected chi connectivity index (χ1v) is 10.1. The molecule has 2 atom stereocenters. The van der Waals surface area contributed by atoms with Gasteiger partial charge in [0.15, 0.2) is 11.6 Å². The van der Waals surface area contributed by atoms with Gasteiger partial charge >= 0.3 is 0 Å². The minimum Gasteiger partial charge on any atom is -0.374 e. The summed E-state index contributed by atoms with van der Waals surface area (Å²) in [4.78, 5) is 4.79. The summed E-state index contributed by atoms with van der Waals surface area (Å²) in [5.41, 5.74) is 1.87. The van der Waals surface area contributed by atoms with E-state index >= 15 is 0 Å². The largest absolute Gasteiger partial charge is 0.374 e. The van der Waals surface area contributed by atoms with Gasteiger partial charge in [-0.1, -0.05) is 12.5 Å². The lowest BCUT2D eigenvalue weighted by Gasteiger charge is -2.43. The summed E-state index contributed by atoms with van der Waals surface area (Å²) in [6.45, 7) is 5.05. The smallest absolute Gasteiger partial charge is 0.159 e. The Labute approximate surface area is 164 Å². The molecule has 2 aliphatic heterocycles. The number of hydrogen-bond acceptors (Lipinski definition) is 4. The van der Waals surface area contributed by atoms with E-state index in [0.717, 1.165) is 37.3 Å². The van der Waals surface area contributed by atoms with Gasteiger partial charge in [0, 0.05) is 38.4 Å². The van der Waals surface area contributed by atoms with Crippen molar-refractivity contribution in [3.63, 3.8) is 0 Å². The van der Waals surface area contributed by atoms with Gasteiger partial charge in [0.1, 0.15) is 0 Å². The molecule has 4 rings (SSSR count). The van der Waals surface area contributed by atoms with Crippen molar-refractivity contribution in [1.29, 1.82) is 0 Å². The van der Waals surface area contributed by atoms with Gasteiger partial charge in [-0.25, -0.2) is 8.78 Å². The van der Waals surface area contributed by atoms with Crippen molar-refractivity contribution < 1.29 is 13.5 Å². The number of aromatic nitrogens is 2. The molecule has 152 valence electrons. The lowest BCUT2D eigenvalue weighted by Crippen LogP contribution is -2.50. The van der Waals surface area contributed by atoms with Gasteiger partial charge in [0.05, 0.1) is 24.9 Å². The fraction of sp³-hybridized carbons (Fsp3) is 0.571. The number of halogens is 2. The third-order valence-corrected chi connectivity index (χ3v) is 5.78. The molecule has 0 radical (unpaired) electrons. The van der Waals surface area contributed by atoms with Crippen molar-refractivity contribution in [2.24, 2.45) is 7.05 Å². The summed E-state index contributed by atoms with van der Waals surface area (Å²) >= 11 is 0. The standard InChI is InChI=1S/C21H28F2N4O/c1-25-14-17(12-24-25)21-20(15-26-7-3-2-4-8-26)28-10-9-27(21)13-16-5-6-18(22)19(23)11-16/h5-6,11-12,14,20-21H,2-4,7-10,13,15H2,1H3/t20-,21-/m0/s1. The number of aryl methyl sites for hydroxylation is 1. The molecule has 0 aliphatic carbocycles. The van der Waals surface area contributed by atoms with Crippen LogP contribution in [-0.4, -0.2) is 58.5 Å². The van der Waals surface area contributed by atoms with Gasteiger partial charge < -0.3 is 9.64 Å². The van der Waals surface area contributed by atoms with Crippen molar-refractivity contribution in [2.75, 3.05) is 32.8 Å². The zero-order chi connectivity index (χ0) is 19.5. The summed E-state index contributed by atoms with van der Waals surface area (Å²) in [6.07, 6.45) is 7.73. The van der Waals surface area contributed by atoms with E-state index in [1.807, 2.05) is 19.4 Å². The quantitative estimate of drug-likeness (QED) is 0.786. The number of morpholine rings is 1. The van der Waals surface area contributed by atoms with Crippen LogP contribution in [0.1, 0.15) is 36.4 Å². The summed E-state index contributed by atoms with van der Waals surface area (Å²) in [5, 5.41) is 4.35. The van der Waals surface area contributed by atoms with E-state index in [9.17, 15) is 8.78 Å². The molecule has 7 heteroatoms. The van der Waals surface area contributed by atoms with Crippen LogP contribution in [0, 0.1) is 11.6 Å². The average Bonchev–Trinajstić information content (AvgIpc) is 3.12. The zero-order valence-corrected chi connectivity index (χ0v) is 16.4. The van der Waals surface area contributed by atoms with Gasteiger partial charge in [-0.15, -0.1) is 0 Å². The normalized spacial score (nSPS) is 24.5. The monoisotopic (exact) mass is 390 g/mol. The predicted molar refractivity (Wildman–Crippen MR) is 103 cm³/mol. The molecule has 3 heterocycles. The molecule has 0 saturated carbocycles. The predicted octanol–water partition coefficient (Wildman–Crippen LogP) is 3.13. The fourth-order valence-corrected chi connectivity index (χ4v) is 4.40. The number of benzene rings is 1. The second-order valence-electron chi connectivity index (χ2n) is 7.88. The summed E-state index contributed by atoms with van der Waals surface area (Å²) in [5.74, 6) is -1.61. The fourth-order valence-electron chi connectivity index (χ4n) is 4.40. The van der Waals surface area contributed by atoms with Gasteiger partial charge in [-0.2, -0.15) is 5.10 Å². The van der Waals surface area contributed by atoms with Crippen LogP contribution in [0.4, 0.5) is 8.78 Å². The Kier molecular flexibility index (Phi) is 6.04. The molecule has 0 amide bonds. The second kappa shape index (κ2) is 8.68. The van der Waals surface area contributed by atoms with Gasteiger partial charge in [0.2, 0.25) is 0 Å². The lowest BCUT2D eigenvalue weighted by atomic mass is 9.98. The average molecular weight is 390 g/mol. The van der Waals surface area contributed by atoms with Crippen LogP contribution in [0.15, 0.2) is 30.6 Å². The number of hydrogen-bond donors (Lipinski definition) is 0. The highest BCUT2D eigenvalue weighted by Gasteiger charge is 2.35. The van der Waals surface area contributed by atoms with Crippen LogP contribution >= 0.6 is 0 Å². The molecule has 0 unspecified atom stereocenters. The number of likely N-dealkylation sites (tertiary alicyclic amines) is 1. The van der Waals surface area contributed by atoms with Crippen LogP contribution in [-0.2, 0) is 18.3 Å². The van der Waals surface area contributed by atoms with Crippen LogP contribution in [0.3, 0.4) is 0 Å². The van der Waals surface area contributed by atoms with E-state index < -0.39 is 11.6 Å². The topological polar surface area (TPSA) is 33.5 Å². The maximum atomic E-state index is 13.7. The maximum absolute atomic E-state index is 13.7. The number of ether oxygens (including phenoxy) is 1. The molecule has 5 nitrogen and oxygen atoms in total. The SMILES string of the molecule is Cn1cc([C@H]2[C@H](CN3CCCCC3)OCCN2Cc2ccc(F)c(F)c2)cn1. The van der Waals surface area contributed by atoms with Crippen molar-refractivity contribution in [3.8, 4) is 0 Å². The third kappa shape index (κ3) is 4.42. The lowest BCUT2D eigenvalue weighted by molar-refractivity contribution is -0.0891. The molecule has 0 bridgehead atoms. The van der Waals surface area contributed by atoms with Gasteiger partial charge in [0.25, 0.3) is 0 Å². The first-order valence-electron chi connectivity index (χ1n) is 10.1. The number of nitrogens with zero attached hydrogens (tertiary/aromatic N) is 4. The molecule has 28 heavy (non-hydrogen) atoms. The van der Waals surface area contributed by atoms with E-state index in [2.05, 4.69) is 14.9 Å². The molecule has 2 aliphatic rings. The van der Waals surface area contributed by atoms with E-state index in [-0.39, 0.29) is 12.1 Å². The van der Waals surface area contributed by atoms with Crippen molar-refractivity contribution in [3.05, 3.63) is 53.4 Å². The minimum atomic E-state index is -0.808. The zero-order valence-electron chi connectivity index (χ0n) is 16.4. The Morgan fingerprint density at radius 2 is 1.93 bits per heavy atom. The first-order chi connectivity index (χ1) is 13.6. The Balaban J connectivity index is 1.56. The van der Waals surface area contributed by atoms with Crippen LogP contribution in [0.25, 0.3) is 0 Å². The Morgan fingerprint density at radius 1 is 1.11 bits per heavy atom. The highest BCUT2D eigenvalue weighted by molar-refractivity contribution is 5.20. The highest BCUT2D eigenvalue weighted by Crippen LogP contribution is 2.32. The van der Waals surface area contributed by atoms with Crippen molar-refractivity contribution in [1.82, 2.24) is 19.6 Å². The Hall–Kier alpha value is -1.83. The van der Waals surface area contributed by atoms with Crippen molar-refractivity contribution >= 4 is 0 Å². The summed E-state index contributed by atoms with van der Waals surface area (Å²) in [7, 11) is 1.91. The first kappa shape index (κ1) is 19.5. The molecule has 1 aromatic carbocycles. The molecular formula is C21H28F2N4O. The second-order valence-corrected chi connectivity index (χ2v) is 7.88. The molecular weight excluding hydrogens is 362 g/mol. The third-order valence-electron chi connectivity index (χ3n) is 5.78. The Bertz CT molecular complexity index is 790. The van der Waals surface area contributed by atoms with E-state index in [0.29, 0.717) is 13.2 Å². The van der Waals surface area contributed by atoms with Crippen molar-refractivity contribution in [2.45, 2.75) is 38.0 Å². The molecule has 2 fully saturated rings. The van der Waals surface area contributed by atoms with Gasteiger partial charge in [-0.3, -0.25) is 9.58 Å². The maximum Gasteiger partial charge on any atom is 0.159 e. The molecule has 2 aromatic rings. The highest BCUT2D eigenvalue weighted by atomic mass is 19.2. The van der Waals surface area contributed by atoms with Crippen LogP contribution in [0.2, 0.25) is 0 Å². The van der Waals surface area contributed by atoms with E-state index in [1.165, 1.54) is 31.4 Å². The molecule has 2 saturated heterocycles. The summed E-state index contributed by atoms with van der Waals surface area (Å²) in [6, 6.07) is 4.20. The van der Waals surface area contributed by atoms with E-state index in [4.69, 9.17) is 4.74 Å². The molecule has 0 N–H and O–H groups in total. The molecule has 1 aromatic heterocycles. The van der Waals surface area contributed by atoms with Crippen LogP contribution in [0.5, 0.6) is 0 Å². The number of rotatable bonds is 5. The van der Waals surface area contributed by atoms with E-state index in [1.54, 1.807) is 10.7 Å². The Morgan fingerprint density at radius 3 is 2.64 bits per heavy atom. The number of piperidine rings is 1. The molecule has 0 spiro atoms.